The van der Waals surface area contributed by atoms with Crippen molar-refractivity contribution < 1.29 is 4.79 Å². The predicted octanol–water partition coefficient (Wildman–Crippen LogP) is 2.79. The SMILES string of the molecule is CN(C)C(=O)CCCSc1nc2c(cc1C#N)CCCC2. The topological polar surface area (TPSA) is 57.0 Å². The van der Waals surface area contributed by atoms with Crippen LogP contribution >= 0.6 is 11.8 Å². The van der Waals surface area contributed by atoms with Gasteiger partial charge in [0.05, 0.1) is 5.56 Å². The molecule has 0 N–H and O–H groups in total. The lowest BCUT2D eigenvalue weighted by molar-refractivity contribution is -0.128. The molecule has 1 aromatic heterocycles. The molecule has 0 aromatic carbocycles. The summed E-state index contributed by atoms with van der Waals surface area (Å²) >= 11 is 1.59. The largest absolute Gasteiger partial charge is 0.349 e. The summed E-state index contributed by atoms with van der Waals surface area (Å²) in [6.45, 7) is 0. The highest BCUT2D eigenvalue weighted by molar-refractivity contribution is 7.99. The number of aromatic nitrogens is 1. The first-order valence-electron chi connectivity index (χ1n) is 7.37. The Morgan fingerprint density at radius 1 is 1.43 bits per heavy atom. The van der Waals surface area contributed by atoms with Crippen molar-refractivity contribution in [1.82, 2.24) is 9.88 Å². The molecule has 0 saturated heterocycles. The Labute approximate surface area is 130 Å². The van der Waals surface area contributed by atoms with E-state index in [1.54, 1.807) is 30.8 Å². The van der Waals surface area contributed by atoms with Crippen LogP contribution in [0, 0.1) is 11.3 Å². The molecule has 112 valence electrons. The Morgan fingerprint density at radius 3 is 2.90 bits per heavy atom. The maximum Gasteiger partial charge on any atom is 0.222 e. The highest BCUT2D eigenvalue weighted by Gasteiger charge is 2.15. The van der Waals surface area contributed by atoms with Gasteiger partial charge in [-0.25, -0.2) is 4.98 Å². The third kappa shape index (κ3) is 4.21. The second-order valence-electron chi connectivity index (χ2n) is 5.51. The van der Waals surface area contributed by atoms with Crippen molar-refractivity contribution in [3.63, 3.8) is 0 Å². The van der Waals surface area contributed by atoms with E-state index in [1.807, 2.05) is 6.07 Å². The third-order valence-electron chi connectivity index (χ3n) is 3.66. The third-order valence-corrected chi connectivity index (χ3v) is 4.74. The van der Waals surface area contributed by atoms with Crippen molar-refractivity contribution in [2.45, 2.75) is 43.6 Å². The summed E-state index contributed by atoms with van der Waals surface area (Å²) in [6.07, 6.45) is 5.80. The number of rotatable bonds is 5. The van der Waals surface area contributed by atoms with E-state index in [0.717, 1.165) is 35.7 Å². The van der Waals surface area contributed by atoms with Crippen molar-refractivity contribution in [1.29, 1.82) is 5.26 Å². The Hall–Kier alpha value is -1.54. The van der Waals surface area contributed by atoms with Crippen molar-refractivity contribution in [3.05, 3.63) is 22.9 Å². The minimum Gasteiger partial charge on any atom is -0.349 e. The molecule has 21 heavy (non-hydrogen) atoms. The van der Waals surface area contributed by atoms with Gasteiger partial charge in [0.1, 0.15) is 11.1 Å². The van der Waals surface area contributed by atoms with Crippen LogP contribution in [-0.2, 0) is 17.6 Å². The summed E-state index contributed by atoms with van der Waals surface area (Å²) in [4.78, 5) is 17.8. The number of pyridine rings is 1. The smallest absolute Gasteiger partial charge is 0.222 e. The molecule has 1 amide bonds. The first-order chi connectivity index (χ1) is 10.1. The van der Waals surface area contributed by atoms with E-state index < -0.39 is 0 Å². The Kier molecular flexibility index (Phi) is 5.63. The fourth-order valence-electron chi connectivity index (χ4n) is 2.42. The zero-order valence-electron chi connectivity index (χ0n) is 12.7. The van der Waals surface area contributed by atoms with E-state index in [0.29, 0.717) is 12.0 Å². The predicted molar refractivity (Wildman–Crippen MR) is 84.2 cm³/mol. The van der Waals surface area contributed by atoms with Crippen LogP contribution in [0.3, 0.4) is 0 Å². The van der Waals surface area contributed by atoms with E-state index in [9.17, 15) is 10.1 Å². The van der Waals surface area contributed by atoms with Gasteiger partial charge in [0.15, 0.2) is 0 Å². The number of fused-ring (bicyclic) bond motifs is 1. The minimum absolute atomic E-state index is 0.148. The van der Waals surface area contributed by atoms with Gasteiger partial charge in [0.2, 0.25) is 5.91 Å². The number of nitriles is 1. The lowest BCUT2D eigenvalue weighted by atomic mass is 9.95. The van der Waals surface area contributed by atoms with Gasteiger partial charge in [0, 0.05) is 32.0 Å². The Balaban J connectivity index is 1.96. The van der Waals surface area contributed by atoms with E-state index in [-0.39, 0.29) is 5.91 Å². The lowest BCUT2D eigenvalue weighted by Crippen LogP contribution is -2.21. The molecular weight excluding hydrogens is 282 g/mol. The van der Waals surface area contributed by atoms with E-state index in [1.165, 1.54) is 18.4 Å². The van der Waals surface area contributed by atoms with E-state index in [2.05, 4.69) is 11.1 Å². The molecule has 5 heteroatoms. The normalized spacial score (nSPS) is 13.4. The average molecular weight is 303 g/mol. The van der Waals surface area contributed by atoms with Gasteiger partial charge in [-0.15, -0.1) is 11.8 Å². The van der Waals surface area contributed by atoms with Gasteiger partial charge in [-0.3, -0.25) is 4.79 Å². The standard InChI is InChI=1S/C16H21N3OS/c1-19(2)15(20)8-5-9-21-16-13(11-17)10-12-6-3-4-7-14(12)18-16/h10H,3-9H2,1-2H3. The van der Waals surface area contributed by atoms with Crippen molar-refractivity contribution in [2.24, 2.45) is 0 Å². The fourth-order valence-corrected chi connectivity index (χ4v) is 3.34. The maximum atomic E-state index is 11.5. The van der Waals surface area contributed by atoms with Crippen LogP contribution in [0.4, 0.5) is 0 Å². The molecule has 0 atom stereocenters. The summed E-state index contributed by atoms with van der Waals surface area (Å²) in [5.74, 6) is 0.967. The molecule has 0 bridgehead atoms. The van der Waals surface area contributed by atoms with Crippen molar-refractivity contribution in [2.75, 3.05) is 19.8 Å². The second-order valence-corrected chi connectivity index (χ2v) is 6.59. The first-order valence-corrected chi connectivity index (χ1v) is 8.36. The number of amides is 1. The number of nitrogens with zero attached hydrogens (tertiary/aromatic N) is 3. The van der Waals surface area contributed by atoms with Gasteiger partial charge >= 0.3 is 0 Å². The highest BCUT2D eigenvalue weighted by Crippen LogP contribution is 2.27. The van der Waals surface area contributed by atoms with E-state index >= 15 is 0 Å². The zero-order chi connectivity index (χ0) is 15.2. The molecule has 0 radical (unpaired) electrons. The second kappa shape index (κ2) is 7.46. The highest BCUT2D eigenvalue weighted by atomic mass is 32.2. The van der Waals surface area contributed by atoms with Crippen LogP contribution in [0.2, 0.25) is 0 Å². The van der Waals surface area contributed by atoms with E-state index in [4.69, 9.17) is 0 Å². The minimum atomic E-state index is 0.148. The van der Waals surface area contributed by atoms with Crippen LogP contribution in [-0.4, -0.2) is 35.6 Å². The van der Waals surface area contributed by atoms with Gasteiger partial charge in [-0.05, 0) is 43.7 Å². The van der Waals surface area contributed by atoms with Crippen molar-refractivity contribution in [3.8, 4) is 6.07 Å². The summed E-state index contributed by atoms with van der Waals surface area (Å²) in [5.41, 5.74) is 3.08. The molecule has 4 nitrogen and oxygen atoms in total. The first kappa shape index (κ1) is 15.8. The van der Waals surface area contributed by atoms with Crippen LogP contribution in [0.25, 0.3) is 0 Å². The number of hydrogen-bond donors (Lipinski definition) is 0. The molecule has 0 fully saturated rings. The zero-order valence-corrected chi connectivity index (χ0v) is 13.5. The molecule has 1 heterocycles. The van der Waals surface area contributed by atoms with Gasteiger partial charge in [-0.1, -0.05) is 0 Å². The molecule has 0 saturated carbocycles. The molecule has 1 aromatic rings. The summed E-state index contributed by atoms with van der Waals surface area (Å²) in [5, 5.41) is 10.1. The van der Waals surface area contributed by atoms with Crippen LogP contribution in [0.1, 0.15) is 42.5 Å². The number of thioether (sulfide) groups is 1. The van der Waals surface area contributed by atoms with Gasteiger partial charge in [0.25, 0.3) is 0 Å². The number of carbonyl (C=O) groups is 1. The van der Waals surface area contributed by atoms with Crippen LogP contribution in [0.15, 0.2) is 11.1 Å². The van der Waals surface area contributed by atoms with Crippen LogP contribution in [0.5, 0.6) is 0 Å². The van der Waals surface area contributed by atoms with Crippen molar-refractivity contribution >= 4 is 17.7 Å². The molecule has 1 aliphatic carbocycles. The number of hydrogen-bond acceptors (Lipinski definition) is 4. The quantitative estimate of drug-likeness (QED) is 0.620. The molecule has 2 rings (SSSR count). The summed E-state index contributed by atoms with van der Waals surface area (Å²) in [7, 11) is 3.54. The average Bonchev–Trinajstić information content (AvgIpc) is 2.50. The molecule has 0 spiro atoms. The Morgan fingerprint density at radius 2 is 2.19 bits per heavy atom. The molecule has 0 aliphatic heterocycles. The lowest BCUT2D eigenvalue weighted by Gasteiger charge is -2.16. The fraction of sp³-hybridized carbons (Fsp3) is 0.562. The summed E-state index contributed by atoms with van der Waals surface area (Å²) < 4.78 is 0. The molecule has 1 aliphatic rings. The number of carbonyl (C=O) groups excluding carboxylic acids is 1. The maximum absolute atomic E-state index is 11.5. The molecular formula is C16H21N3OS. The monoisotopic (exact) mass is 303 g/mol. The number of aryl methyl sites for hydroxylation is 2. The molecule has 0 unspecified atom stereocenters. The van der Waals surface area contributed by atoms with Gasteiger partial charge in [-0.2, -0.15) is 5.26 Å². The Bertz CT molecular complexity index is 563. The summed E-state index contributed by atoms with van der Waals surface area (Å²) in [6, 6.07) is 4.26. The van der Waals surface area contributed by atoms with Gasteiger partial charge < -0.3 is 4.90 Å². The van der Waals surface area contributed by atoms with Crippen LogP contribution < -0.4 is 0 Å².